The molecule has 11 heteroatoms. The topological polar surface area (TPSA) is 162 Å². The van der Waals surface area contributed by atoms with Gasteiger partial charge in [-0.3, -0.25) is 19.1 Å². The van der Waals surface area contributed by atoms with Gasteiger partial charge in [0.15, 0.2) is 0 Å². The van der Waals surface area contributed by atoms with Gasteiger partial charge in [0, 0.05) is 18.8 Å². The molecule has 0 aliphatic heterocycles. The zero-order valence-corrected chi connectivity index (χ0v) is 19.3. The van der Waals surface area contributed by atoms with Crippen LogP contribution in [0.5, 0.6) is 0 Å². The average molecular weight is 478 g/mol. The van der Waals surface area contributed by atoms with Gasteiger partial charge in [-0.1, -0.05) is 43.7 Å². The van der Waals surface area contributed by atoms with Crippen LogP contribution in [0, 0.1) is 0 Å². The Morgan fingerprint density at radius 2 is 1.77 bits per heavy atom. The maximum atomic E-state index is 13.0. The van der Waals surface area contributed by atoms with Crippen molar-refractivity contribution in [3.8, 4) is 0 Å². The molecule has 182 valence electrons. The number of nitrogens with two attached hydrogens (primary N) is 1. The van der Waals surface area contributed by atoms with Gasteiger partial charge in [-0.25, -0.2) is 9.59 Å². The predicted octanol–water partition coefficient (Wildman–Crippen LogP) is 1.73. The lowest BCUT2D eigenvalue weighted by Crippen LogP contribution is -2.41. The number of unbranched alkanes of at least 4 members (excludes halogenated alkanes) is 1. The Bertz CT molecular complexity index is 1510. The van der Waals surface area contributed by atoms with E-state index in [1.54, 1.807) is 23.1 Å². The van der Waals surface area contributed by atoms with Crippen molar-refractivity contribution in [1.29, 1.82) is 0 Å². The summed E-state index contributed by atoms with van der Waals surface area (Å²) in [4.78, 5) is 58.9. The molecule has 0 atom stereocenters. The maximum absolute atomic E-state index is 13.0. The van der Waals surface area contributed by atoms with Crippen molar-refractivity contribution in [3.63, 3.8) is 0 Å². The molecular weight excluding hydrogens is 450 g/mol. The quantitative estimate of drug-likeness (QED) is 0.247. The smallest absolute Gasteiger partial charge is 0.330 e. The number of aromatic nitrogens is 4. The number of benzene rings is 2. The summed E-state index contributed by atoms with van der Waals surface area (Å²) in [6.45, 7) is 2.36. The molecule has 0 fully saturated rings. The maximum Gasteiger partial charge on any atom is 0.330 e. The van der Waals surface area contributed by atoms with Crippen LogP contribution in [0.3, 0.4) is 0 Å². The lowest BCUT2D eigenvalue weighted by molar-refractivity contribution is -0.115. The van der Waals surface area contributed by atoms with Crippen LogP contribution in [0.25, 0.3) is 11.0 Å². The highest BCUT2D eigenvalue weighted by Gasteiger charge is 2.21. The van der Waals surface area contributed by atoms with E-state index < -0.39 is 17.2 Å². The fourth-order valence-electron chi connectivity index (χ4n) is 3.92. The van der Waals surface area contributed by atoms with Crippen LogP contribution in [0.15, 0.2) is 62.9 Å². The number of nitrogens with zero attached hydrogens (tertiary/aromatic N) is 2. The summed E-state index contributed by atoms with van der Waals surface area (Å²) in [7, 11) is 0. The van der Waals surface area contributed by atoms with Gasteiger partial charge in [0.2, 0.25) is 5.91 Å². The van der Waals surface area contributed by atoms with Crippen LogP contribution < -0.4 is 32.9 Å². The third kappa shape index (κ3) is 5.35. The molecule has 0 spiro atoms. The van der Waals surface area contributed by atoms with E-state index in [4.69, 9.17) is 5.73 Å². The van der Waals surface area contributed by atoms with E-state index in [0.717, 1.165) is 12.0 Å². The van der Waals surface area contributed by atoms with Gasteiger partial charge >= 0.3 is 11.4 Å². The second-order valence-electron chi connectivity index (χ2n) is 8.23. The Kier molecular flexibility index (Phi) is 6.86. The number of rotatable bonds is 9. The summed E-state index contributed by atoms with van der Waals surface area (Å²) in [5, 5.41) is 2.79. The second kappa shape index (κ2) is 10.2. The molecular formula is C24H27N7O4. The number of hydrogen-bond acceptors (Lipinski definition) is 6. The molecule has 0 unspecified atom stereocenters. The molecule has 2 aromatic heterocycles. The Hall–Kier alpha value is -4.54. The molecule has 0 aliphatic rings. The van der Waals surface area contributed by atoms with Crippen molar-refractivity contribution in [3.05, 3.63) is 85.4 Å². The summed E-state index contributed by atoms with van der Waals surface area (Å²) in [6, 6.07) is 14.3. The van der Waals surface area contributed by atoms with Gasteiger partial charge in [-0.05, 0) is 30.2 Å². The van der Waals surface area contributed by atoms with Gasteiger partial charge < -0.3 is 25.9 Å². The van der Waals surface area contributed by atoms with E-state index in [1.165, 1.54) is 4.57 Å². The highest BCUT2D eigenvalue weighted by molar-refractivity contribution is 5.96. The summed E-state index contributed by atoms with van der Waals surface area (Å²) in [5.74, 6) is -0.384. The fourth-order valence-corrected chi connectivity index (χ4v) is 3.92. The summed E-state index contributed by atoms with van der Waals surface area (Å²) < 4.78 is 1.33. The number of imidazole rings is 1. The van der Waals surface area contributed by atoms with Crippen LogP contribution in [0.2, 0.25) is 0 Å². The third-order valence-electron chi connectivity index (χ3n) is 5.62. The molecule has 0 bridgehead atoms. The minimum Gasteiger partial charge on any atom is -0.383 e. The lowest BCUT2D eigenvalue weighted by atomic mass is 10.2. The van der Waals surface area contributed by atoms with Gasteiger partial charge in [0.05, 0.1) is 17.6 Å². The number of aromatic amines is 3. The molecule has 0 saturated heterocycles. The van der Waals surface area contributed by atoms with Crippen LogP contribution in [-0.4, -0.2) is 32.0 Å². The van der Waals surface area contributed by atoms with Crippen molar-refractivity contribution in [1.82, 2.24) is 19.5 Å². The molecule has 4 aromatic rings. The molecule has 11 nitrogen and oxygen atoms in total. The molecule has 35 heavy (non-hydrogen) atoms. The Morgan fingerprint density at radius 3 is 2.51 bits per heavy atom. The molecule has 2 aromatic carbocycles. The second-order valence-corrected chi connectivity index (χ2v) is 8.23. The van der Waals surface area contributed by atoms with Crippen LogP contribution >= 0.6 is 0 Å². The van der Waals surface area contributed by atoms with E-state index in [0.29, 0.717) is 29.7 Å². The Morgan fingerprint density at radius 1 is 1.03 bits per heavy atom. The standard InChI is InChI=1S/C24H27N7O4/c1-2-3-11-31-21(25)20(22(33)29-24(31)35)30(13-15-7-5-4-6-8-15)14-19(32)26-16-9-10-17-18(12-16)28-23(34)27-17/h4-10,12H,2-3,11,13-14,25H2,1H3,(H,26,32)(H2,27,28,34)(H,29,33,35). The van der Waals surface area contributed by atoms with Crippen molar-refractivity contribution in [2.75, 3.05) is 22.5 Å². The summed E-state index contributed by atoms with van der Waals surface area (Å²) in [6.07, 6.45) is 1.55. The van der Waals surface area contributed by atoms with E-state index in [-0.39, 0.29) is 30.3 Å². The number of carbonyl (C=O) groups excluding carboxylic acids is 1. The Balaban J connectivity index is 1.66. The number of nitrogens with one attached hydrogen (secondary N) is 4. The number of H-pyrrole nitrogens is 3. The SMILES string of the molecule is CCCCn1c(N)c(N(CC(=O)Nc2ccc3[nH]c(=O)[nH]c3c2)Cc2ccccc2)c(=O)[nH]c1=O. The molecule has 0 saturated carbocycles. The van der Waals surface area contributed by atoms with Crippen LogP contribution in [0.4, 0.5) is 17.2 Å². The summed E-state index contributed by atoms with van der Waals surface area (Å²) >= 11 is 0. The van der Waals surface area contributed by atoms with Gasteiger partial charge in [-0.15, -0.1) is 0 Å². The number of hydrogen-bond donors (Lipinski definition) is 5. The van der Waals surface area contributed by atoms with Gasteiger partial charge in [-0.2, -0.15) is 0 Å². The highest BCUT2D eigenvalue weighted by Crippen LogP contribution is 2.20. The molecule has 4 rings (SSSR count). The Labute approximate surface area is 199 Å². The van der Waals surface area contributed by atoms with E-state index in [1.807, 2.05) is 37.3 Å². The number of fused-ring (bicyclic) bond motifs is 1. The molecule has 0 radical (unpaired) electrons. The van der Waals surface area contributed by atoms with Crippen molar-refractivity contribution in [2.45, 2.75) is 32.9 Å². The monoisotopic (exact) mass is 477 g/mol. The van der Waals surface area contributed by atoms with E-state index in [2.05, 4.69) is 20.3 Å². The predicted molar refractivity (Wildman–Crippen MR) is 136 cm³/mol. The van der Waals surface area contributed by atoms with Crippen LogP contribution in [-0.2, 0) is 17.9 Å². The molecule has 1 amide bonds. The van der Waals surface area contributed by atoms with E-state index in [9.17, 15) is 19.2 Å². The number of anilines is 3. The fraction of sp³-hybridized carbons (Fsp3) is 0.250. The van der Waals surface area contributed by atoms with Gasteiger partial charge in [0.25, 0.3) is 5.56 Å². The first kappa shape index (κ1) is 23.6. The van der Waals surface area contributed by atoms with Crippen molar-refractivity contribution < 1.29 is 4.79 Å². The zero-order chi connectivity index (χ0) is 24.9. The van der Waals surface area contributed by atoms with Crippen molar-refractivity contribution >= 4 is 34.1 Å². The highest BCUT2D eigenvalue weighted by atomic mass is 16.2. The molecule has 2 heterocycles. The lowest BCUT2D eigenvalue weighted by Gasteiger charge is -2.26. The van der Waals surface area contributed by atoms with Crippen molar-refractivity contribution in [2.24, 2.45) is 0 Å². The number of nitrogen functional groups attached to an aromatic ring is 1. The first-order valence-electron chi connectivity index (χ1n) is 11.3. The minimum absolute atomic E-state index is 0.0160. The largest absolute Gasteiger partial charge is 0.383 e. The van der Waals surface area contributed by atoms with Crippen LogP contribution in [0.1, 0.15) is 25.3 Å². The normalized spacial score (nSPS) is 11.0. The first-order chi connectivity index (χ1) is 16.9. The molecule has 6 N–H and O–H groups in total. The number of carbonyl (C=O) groups is 1. The zero-order valence-electron chi connectivity index (χ0n) is 19.3. The molecule has 0 aliphatic carbocycles. The van der Waals surface area contributed by atoms with Gasteiger partial charge in [0.1, 0.15) is 11.5 Å². The van der Waals surface area contributed by atoms with E-state index >= 15 is 0 Å². The summed E-state index contributed by atoms with van der Waals surface area (Å²) in [5.41, 5.74) is 7.29. The third-order valence-corrected chi connectivity index (χ3v) is 5.62. The first-order valence-corrected chi connectivity index (χ1v) is 11.3. The average Bonchev–Trinajstić information content (AvgIpc) is 3.18. The minimum atomic E-state index is -0.657. The number of amides is 1.